The van der Waals surface area contributed by atoms with E-state index in [-0.39, 0.29) is 0 Å². The van der Waals surface area contributed by atoms with Crippen molar-refractivity contribution < 1.29 is 0 Å². The number of rotatable bonds is 4. The Labute approximate surface area is 77.8 Å². The maximum absolute atomic E-state index is 5.62. The van der Waals surface area contributed by atoms with Crippen LogP contribution in [0.2, 0.25) is 0 Å². The molecule has 0 bridgehead atoms. The van der Waals surface area contributed by atoms with Crippen LogP contribution >= 0.6 is 11.3 Å². The molecule has 0 spiro atoms. The molecule has 0 unspecified atom stereocenters. The van der Waals surface area contributed by atoms with Gasteiger partial charge in [-0.3, -0.25) is 0 Å². The molecule has 0 saturated heterocycles. The van der Waals surface area contributed by atoms with E-state index in [0.717, 1.165) is 19.3 Å². The summed E-state index contributed by atoms with van der Waals surface area (Å²) in [6.45, 7) is 4.95. The molecule has 0 fully saturated rings. The first-order valence-corrected chi connectivity index (χ1v) is 5.31. The highest BCUT2D eigenvalue weighted by Gasteiger charge is 2.06. The molecule has 1 aromatic rings. The zero-order chi connectivity index (χ0) is 8.97. The lowest BCUT2D eigenvalue weighted by atomic mass is 10.2. The van der Waals surface area contributed by atoms with Gasteiger partial charge in [0.05, 0.1) is 10.7 Å². The Balaban J connectivity index is 2.84. The van der Waals surface area contributed by atoms with Crippen LogP contribution in [-0.2, 0) is 19.4 Å². The number of thiazole rings is 1. The molecule has 0 radical (unpaired) electrons. The summed E-state index contributed by atoms with van der Waals surface area (Å²) in [6, 6.07) is 0. The lowest BCUT2D eigenvalue weighted by Gasteiger charge is -1.94. The summed E-state index contributed by atoms with van der Waals surface area (Å²) in [5, 5.41) is 1.22. The lowest BCUT2D eigenvalue weighted by molar-refractivity contribution is 0.861. The van der Waals surface area contributed by atoms with Crippen LogP contribution in [0.1, 0.15) is 35.8 Å². The normalized spacial score (nSPS) is 10.6. The monoisotopic (exact) mass is 184 g/mol. The van der Waals surface area contributed by atoms with Gasteiger partial charge in [0.2, 0.25) is 0 Å². The van der Waals surface area contributed by atoms with Gasteiger partial charge in [-0.15, -0.1) is 11.3 Å². The largest absolute Gasteiger partial charge is 0.326 e. The van der Waals surface area contributed by atoms with Crippen molar-refractivity contribution in [3.8, 4) is 0 Å². The van der Waals surface area contributed by atoms with E-state index in [0.29, 0.717) is 6.54 Å². The standard InChI is InChI=1S/C9H16N2S/c1-3-5-7-8(6-10)12-9(4-2)11-7/h3-6,10H2,1-2H3. The second kappa shape index (κ2) is 4.58. The summed E-state index contributed by atoms with van der Waals surface area (Å²) < 4.78 is 0. The quantitative estimate of drug-likeness (QED) is 0.778. The molecule has 0 saturated carbocycles. The molecule has 0 aliphatic heterocycles. The fraction of sp³-hybridized carbons (Fsp3) is 0.667. The zero-order valence-electron chi connectivity index (χ0n) is 7.76. The van der Waals surface area contributed by atoms with E-state index in [1.807, 2.05) is 0 Å². The number of nitrogens with zero attached hydrogens (tertiary/aromatic N) is 1. The molecule has 0 aliphatic carbocycles. The lowest BCUT2D eigenvalue weighted by Crippen LogP contribution is -1.97. The van der Waals surface area contributed by atoms with Crippen molar-refractivity contribution in [2.75, 3.05) is 0 Å². The van der Waals surface area contributed by atoms with E-state index in [9.17, 15) is 0 Å². The van der Waals surface area contributed by atoms with E-state index in [1.165, 1.54) is 15.6 Å². The Morgan fingerprint density at radius 2 is 2.17 bits per heavy atom. The summed E-state index contributed by atoms with van der Waals surface area (Å²) in [7, 11) is 0. The third-order valence-electron chi connectivity index (χ3n) is 1.80. The summed E-state index contributed by atoms with van der Waals surface area (Å²) in [5.41, 5.74) is 6.84. The van der Waals surface area contributed by atoms with Gasteiger partial charge in [0.25, 0.3) is 0 Å². The van der Waals surface area contributed by atoms with Crippen LogP contribution < -0.4 is 5.73 Å². The van der Waals surface area contributed by atoms with Crippen LogP contribution in [0.4, 0.5) is 0 Å². The minimum absolute atomic E-state index is 0.646. The average Bonchev–Trinajstić information content (AvgIpc) is 2.48. The van der Waals surface area contributed by atoms with Crippen LogP contribution in [0.15, 0.2) is 0 Å². The molecule has 2 N–H and O–H groups in total. The Morgan fingerprint density at radius 1 is 1.42 bits per heavy atom. The van der Waals surface area contributed by atoms with Crippen LogP contribution in [0.3, 0.4) is 0 Å². The molecular formula is C9H16N2S. The molecule has 3 heteroatoms. The maximum atomic E-state index is 5.62. The molecule has 1 rings (SSSR count). The van der Waals surface area contributed by atoms with Crippen LogP contribution in [0, 0.1) is 0 Å². The molecular weight excluding hydrogens is 168 g/mol. The highest BCUT2D eigenvalue weighted by atomic mass is 32.1. The van der Waals surface area contributed by atoms with Crippen LogP contribution in [-0.4, -0.2) is 4.98 Å². The summed E-state index contributed by atoms with van der Waals surface area (Å²) >= 11 is 1.76. The number of nitrogens with two attached hydrogens (primary N) is 1. The predicted molar refractivity (Wildman–Crippen MR) is 53.4 cm³/mol. The second-order valence-corrected chi connectivity index (χ2v) is 3.95. The Hall–Kier alpha value is -0.410. The predicted octanol–water partition coefficient (Wildman–Crippen LogP) is 2.12. The van der Waals surface area contributed by atoms with Gasteiger partial charge in [-0.2, -0.15) is 0 Å². The molecule has 12 heavy (non-hydrogen) atoms. The Bertz CT molecular complexity index is 243. The van der Waals surface area contributed by atoms with E-state index < -0.39 is 0 Å². The van der Waals surface area contributed by atoms with Crippen molar-refractivity contribution in [1.29, 1.82) is 0 Å². The maximum Gasteiger partial charge on any atom is 0.0928 e. The van der Waals surface area contributed by atoms with Crippen molar-refractivity contribution in [3.05, 3.63) is 15.6 Å². The first-order chi connectivity index (χ1) is 5.81. The van der Waals surface area contributed by atoms with Gasteiger partial charge in [0, 0.05) is 11.4 Å². The van der Waals surface area contributed by atoms with Gasteiger partial charge in [-0.1, -0.05) is 20.3 Å². The fourth-order valence-electron chi connectivity index (χ4n) is 1.18. The molecule has 0 amide bonds. The summed E-state index contributed by atoms with van der Waals surface area (Å²) in [4.78, 5) is 5.80. The summed E-state index contributed by atoms with van der Waals surface area (Å²) in [5.74, 6) is 0. The second-order valence-electron chi connectivity index (χ2n) is 2.79. The molecule has 1 aromatic heterocycles. The minimum Gasteiger partial charge on any atom is -0.326 e. The molecule has 0 atom stereocenters. The van der Waals surface area contributed by atoms with Crippen molar-refractivity contribution in [1.82, 2.24) is 4.98 Å². The van der Waals surface area contributed by atoms with Gasteiger partial charge >= 0.3 is 0 Å². The van der Waals surface area contributed by atoms with Gasteiger partial charge in [-0.25, -0.2) is 4.98 Å². The molecule has 0 aromatic carbocycles. The van der Waals surface area contributed by atoms with Crippen molar-refractivity contribution >= 4 is 11.3 Å². The Morgan fingerprint density at radius 3 is 2.67 bits per heavy atom. The van der Waals surface area contributed by atoms with Gasteiger partial charge < -0.3 is 5.73 Å². The van der Waals surface area contributed by atoms with Gasteiger partial charge in [-0.05, 0) is 12.8 Å². The van der Waals surface area contributed by atoms with E-state index >= 15 is 0 Å². The number of aromatic nitrogens is 1. The highest BCUT2D eigenvalue weighted by Crippen LogP contribution is 2.19. The Kier molecular flexibility index (Phi) is 3.69. The third kappa shape index (κ3) is 2.05. The third-order valence-corrected chi connectivity index (χ3v) is 3.06. The molecule has 68 valence electrons. The topological polar surface area (TPSA) is 38.9 Å². The van der Waals surface area contributed by atoms with Crippen molar-refractivity contribution in [2.45, 2.75) is 39.7 Å². The highest BCUT2D eigenvalue weighted by molar-refractivity contribution is 7.11. The smallest absolute Gasteiger partial charge is 0.0928 e. The number of hydrogen-bond acceptors (Lipinski definition) is 3. The first kappa shape index (κ1) is 9.68. The molecule has 2 nitrogen and oxygen atoms in total. The van der Waals surface area contributed by atoms with Gasteiger partial charge in [0.1, 0.15) is 0 Å². The number of aryl methyl sites for hydroxylation is 2. The number of hydrogen-bond donors (Lipinski definition) is 1. The summed E-state index contributed by atoms with van der Waals surface area (Å²) in [6.07, 6.45) is 3.25. The fourth-order valence-corrected chi connectivity index (χ4v) is 2.11. The van der Waals surface area contributed by atoms with Gasteiger partial charge in [0.15, 0.2) is 0 Å². The average molecular weight is 184 g/mol. The molecule has 1 heterocycles. The van der Waals surface area contributed by atoms with Crippen molar-refractivity contribution in [2.24, 2.45) is 5.73 Å². The van der Waals surface area contributed by atoms with E-state index in [2.05, 4.69) is 18.8 Å². The first-order valence-electron chi connectivity index (χ1n) is 4.49. The van der Waals surface area contributed by atoms with E-state index in [4.69, 9.17) is 5.73 Å². The van der Waals surface area contributed by atoms with Crippen molar-refractivity contribution in [3.63, 3.8) is 0 Å². The minimum atomic E-state index is 0.646. The SMILES string of the molecule is CCCc1nc(CC)sc1CN. The van der Waals surface area contributed by atoms with E-state index in [1.54, 1.807) is 11.3 Å². The zero-order valence-corrected chi connectivity index (χ0v) is 8.58. The van der Waals surface area contributed by atoms with Crippen LogP contribution in [0.25, 0.3) is 0 Å². The van der Waals surface area contributed by atoms with Crippen LogP contribution in [0.5, 0.6) is 0 Å². The molecule has 0 aliphatic rings.